The minimum Gasteiger partial charge on any atom is -0.382 e. The number of fused-ring (bicyclic) bond motifs is 1. The normalized spacial score (nSPS) is 12.1. The van der Waals surface area contributed by atoms with Crippen LogP contribution in [0.2, 0.25) is 0 Å². The lowest BCUT2D eigenvalue weighted by Gasteiger charge is -2.07. The van der Waals surface area contributed by atoms with Crippen LogP contribution in [-0.2, 0) is 16.4 Å². The quantitative estimate of drug-likeness (QED) is 0.843. The largest absolute Gasteiger partial charge is 0.382 e. The van der Waals surface area contributed by atoms with E-state index >= 15 is 0 Å². The van der Waals surface area contributed by atoms with Crippen molar-refractivity contribution in [2.45, 2.75) is 39.7 Å². The van der Waals surface area contributed by atoms with Gasteiger partial charge in [0.15, 0.2) is 5.82 Å². The number of aromatic nitrogens is 3. The van der Waals surface area contributed by atoms with Crippen molar-refractivity contribution in [3.8, 4) is 0 Å². The second-order valence-electron chi connectivity index (χ2n) is 5.32. The summed E-state index contributed by atoms with van der Waals surface area (Å²) >= 11 is 0. The van der Waals surface area contributed by atoms with Crippen molar-refractivity contribution in [1.29, 1.82) is 0 Å². The van der Waals surface area contributed by atoms with E-state index in [9.17, 15) is 8.42 Å². The van der Waals surface area contributed by atoms with E-state index < -0.39 is 9.84 Å². The first-order valence-electron chi connectivity index (χ1n) is 7.21. The van der Waals surface area contributed by atoms with Crippen LogP contribution in [0.5, 0.6) is 0 Å². The molecule has 2 aromatic heterocycles. The zero-order valence-electron chi connectivity index (χ0n) is 12.5. The number of sulfone groups is 1. The topological polar surface area (TPSA) is 90.9 Å². The van der Waals surface area contributed by atoms with E-state index in [1.165, 1.54) is 0 Å². The van der Waals surface area contributed by atoms with E-state index in [1.54, 1.807) is 12.5 Å². The number of unbranched alkanes of at least 4 members (excludes halogenated alkanes) is 1. The first kappa shape index (κ1) is 15.8. The second-order valence-corrected chi connectivity index (χ2v) is 7.62. The Kier molecular flexibility index (Phi) is 4.82. The van der Waals surface area contributed by atoms with Crippen molar-refractivity contribution in [1.82, 2.24) is 14.5 Å². The molecule has 6 nitrogen and oxygen atoms in total. The Morgan fingerprint density at radius 3 is 2.67 bits per heavy atom. The number of hydrogen-bond donors (Lipinski definition) is 1. The monoisotopic (exact) mass is 310 g/mol. The van der Waals surface area contributed by atoms with Crippen molar-refractivity contribution >= 4 is 26.7 Å². The highest BCUT2D eigenvalue weighted by molar-refractivity contribution is 7.91. The number of nitrogens with zero attached hydrogens (tertiary/aromatic N) is 3. The maximum absolute atomic E-state index is 11.8. The molecule has 0 aromatic carbocycles. The number of aryl methyl sites for hydroxylation is 2. The van der Waals surface area contributed by atoms with Gasteiger partial charge in [0.05, 0.1) is 23.3 Å². The number of nitrogen functional groups attached to an aromatic ring is 1. The first-order valence-corrected chi connectivity index (χ1v) is 9.03. The Balaban J connectivity index is 2.06. The van der Waals surface area contributed by atoms with E-state index in [1.807, 2.05) is 18.4 Å². The molecule has 2 heterocycles. The number of rotatable bonds is 7. The molecule has 0 unspecified atom stereocenters. The Labute approximate surface area is 125 Å². The molecular weight excluding hydrogens is 288 g/mol. The molecule has 0 aliphatic carbocycles. The summed E-state index contributed by atoms with van der Waals surface area (Å²) < 4.78 is 25.7. The highest BCUT2D eigenvalue weighted by atomic mass is 32.2. The maximum atomic E-state index is 11.8. The molecular formula is C14H22N4O2S. The smallest absolute Gasteiger partial charge is 0.151 e. The summed E-state index contributed by atoms with van der Waals surface area (Å²) in [5, 5.41) is 0. The Bertz CT molecular complexity index is 722. The summed E-state index contributed by atoms with van der Waals surface area (Å²) in [5.41, 5.74) is 8.42. The molecule has 0 aliphatic rings. The van der Waals surface area contributed by atoms with Gasteiger partial charge in [0, 0.05) is 12.7 Å². The SMILES string of the molecule is CCCCS(=O)(=O)CCCn1cnc2c(N)ncc(C)c21. The summed E-state index contributed by atoms with van der Waals surface area (Å²) in [7, 11) is -2.94. The fraction of sp³-hybridized carbons (Fsp3) is 0.571. The molecule has 0 fully saturated rings. The average molecular weight is 310 g/mol. The summed E-state index contributed by atoms with van der Waals surface area (Å²) in [6, 6.07) is 0. The molecule has 7 heteroatoms. The van der Waals surface area contributed by atoms with E-state index in [0.29, 0.717) is 24.3 Å². The van der Waals surface area contributed by atoms with Crippen molar-refractivity contribution in [2.24, 2.45) is 0 Å². The predicted molar refractivity (Wildman–Crippen MR) is 84.9 cm³/mol. The van der Waals surface area contributed by atoms with Gasteiger partial charge in [-0.05, 0) is 25.3 Å². The third kappa shape index (κ3) is 3.72. The van der Waals surface area contributed by atoms with Gasteiger partial charge in [-0.15, -0.1) is 0 Å². The van der Waals surface area contributed by atoms with Gasteiger partial charge < -0.3 is 10.3 Å². The van der Waals surface area contributed by atoms with Crippen LogP contribution in [0.15, 0.2) is 12.5 Å². The summed E-state index contributed by atoms with van der Waals surface area (Å²) in [6.07, 6.45) is 5.63. The van der Waals surface area contributed by atoms with Crippen LogP contribution in [0.25, 0.3) is 11.0 Å². The van der Waals surface area contributed by atoms with Gasteiger partial charge in [0.25, 0.3) is 0 Å². The van der Waals surface area contributed by atoms with Gasteiger partial charge in [-0.25, -0.2) is 18.4 Å². The minimum absolute atomic E-state index is 0.215. The molecule has 2 N–H and O–H groups in total. The molecule has 2 rings (SSSR count). The lowest BCUT2D eigenvalue weighted by atomic mass is 10.2. The Morgan fingerprint density at radius 2 is 1.95 bits per heavy atom. The lowest BCUT2D eigenvalue weighted by molar-refractivity contribution is 0.584. The van der Waals surface area contributed by atoms with Crippen LogP contribution in [0, 0.1) is 6.92 Å². The van der Waals surface area contributed by atoms with Crippen molar-refractivity contribution in [3.63, 3.8) is 0 Å². The van der Waals surface area contributed by atoms with Crippen molar-refractivity contribution in [2.75, 3.05) is 17.2 Å². The molecule has 0 radical (unpaired) electrons. The van der Waals surface area contributed by atoms with E-state index in [4.69, 9.17) is 5.73 Å². The van der Waals surface area contributed by atoms with Crippen LogP contribution in [0.4, 0.5) is 5.82 Å². The van der Waals surface area contributed by atoms with Gasteiger partial charge in [0.1, 0.15) is 15.4 Å². The van der Waals surface area contributed by atoms with Crippen molar-refractivity contribution < 1.29 is 8.42 Å². The lowest BCUT2D eigenvalue weighted by Crippen LogP contribution is -2.13. The summed E-state index contributed by atoms with van der Waals surface area (Å²) in [6.45, 7) is 4.56. The maximum Gasteiger partial charge on any atom is 0.151 e. The van der Waals surface area contributed by atoms with Crippen LogP contribution in [-0.4, -0.2) is 34.5 Å². The zero-order chi connectivity index (χ0) is 15.5. The zero-order valence-corrected chi connectivity index (χ0v) is 13.4. The fourth-order valence-electron chi connectivity index (χ4n) is 2.36. The summed E-state index contributed by atoms with van der Waals surface area (Å²) in [4.78, 5) is 8.35. The highest BCUT2D eigenvalue weighted by Crippen LogP contribution is 2.21. The number of nitrogens with two attached hydrogens (primary N) is 1. The van der Waals surface area contributed by atoms with E-state index in [0.717, 1.165) is 23.9 Å². The van der Waals surface area contributed by atoms with Gasteiger partial charge >= 0.3 is 0 Å². The van der Waals surface area contributed by atoms with Crippen LogP contribution < -0.4 is 5.73 Å². The number of anilines is 1. The van der Waals surface area contributed by atoms with Gasteiger partial charge in [-0.1, -0.05) is 13.3 Å². The minimum atomic E-state index is -2.94. The molecule has 0 spiro atoms. The molecule has 0 bridgehead atoms. The second kappa shape index (κ2) is 6.43. The Morgan fingerprint density at radius 1 is 1.24 bits per heavy atom. The van der Waals surface area contributed by atoms with Crippen LogP contribution in [0.1, 0.15) is 31.7 Å². The van der Waals surface area contributed by atoms with Gasteiger partial charge in [-0.3, -0.25) is 0 Å². The molecule has 0 amide bonds. The molecule has 21 heavy (non-hydrogen) atoms. The molecule has 0 atom stereocenters. The third-order valence-corrected chi connectivity index (χ3v) is 5.34. The number of hydrogen-bond acceptors (Lipinski definition) is 5. The molecule has 0 aliphatic heterocycles. The van der Waals surface area contributed by atoms with Crippen LogP contribution in [0.3, 0.4) is 0 Å². The van der Waals surface area contributed by atoms with Crippen molar-refractivity contribution in [3.05, 3.63) is 18.1 Å². The number of imidazole rings is 1. The van der Waals surface area contributed by atoms with Gasteiger partial charge in [-0.2, -0.15) is 0 Å². The van der Waals surface area contributed by atoms with Gasteiger partial charge in [0.2, 0.25) is 0 Å². The molecule has 0 saturated heterocycles. The average Bonchev–Trinajstić information content (AvgIpc) is 2.86. The third-order valence-electron chi connectivity index (χ3n) is 3.51. The fourth-order valence-corrected chi connectivity index (χ4v) is 3.86. The highest BCUT2D eigenvalue weighted by Gasteiger charge is 2.12. The number of pyridine rings is 1. The molecule has 2 aromatic rings. The standard InChI is InChI=1S/C14H22N4O2S/c1-3-4-7-21(19,20)8-5-6-18-10-17-12-13(18)11(2)9-16-14(12)15/h9-10H,3-8H2,1-2H3,(H2,15,16). The van der Waals surface area contributed by atoms with Crippen LogP contribution >= 0.6 is 0 Å². The predicted octanol–water partition coefficient (Wildman–Crippen LogP) is 1.93. The van der Waals surface area contributed by atoms with E-state index in [2.05, 4.69) is 9.97 Å². The Hall–Kier alpha value is -1.63. The first-order chi connectivity index (χ1) is 9.94. The molecule has 116 valence electrons. The summed E-state index contributed by atoms with van der Waals surface area (Å²) in [5.74, 6) is 0.904. The van der Waals surface area contributed by atoms with E-state index in [-0.39, 0.29) is 11.5 Å². The molecule has 0 saturated carbocycles.